The predicted molar refractivity (Wildman–Crippen MR) is 141 cm³/mol. The molecule has 2 amide bonds. The number of aromatic nitrogens is 3. The van der Waals surface area contributed by atoms with Crippen LogP contribution in [0.15, 0.2) is 61.2 Å². The molecular formula is C28H34FN7O2. The number of benzene rings is 2. The van der Waals surface area contributed by atoms with Crippen molar-refractivity contribution in [2.24, 2.45) is 0 Å². The Hall–Kier alpha value is -3.63. The summed E-state index contributed by atoms with van der Waals surface area (Å²) in [5, 5.41) is 14.2. The monoisotopic (exact) mass is 519 g/mol. The summed E-state index contributed by atoms with van der Waals surface area (Å²) in [5.74, 6) is -0.106. The highest BCUT2D eigenvalue weighted by Crippen LogP contribution is 2.40. The van der Waals surface area contributed by atoms with Crippen molar-refractivity contribution in [3.8, 4) is 5.69 Å². The van der Waals surface area contributed by atoms with Gasteiger partial charge in [-0.25, -0.2) is 4.39 Å². The van der Waals surface area contributed by atoms with Crippen LogP contribution in [0.3, 0.4) is 0 Å². The molecule has 2 aliphatic rings. The van der Waals surface area contributed by atoms with E-state index in [4.69, 9.17) is 0 Å². The van der Waals surface area contributed by atoms with Crippen molar-refractivity contribution < 1.29 is 14.0 Å². The van der Waals surface area contributed by atoms with E-state index in [1.807, 2.05) is 36.2 Å². The lowest BCUT2D eigenvalue weighted by atomic mass is 10.1. The Balaban J connectivity index is 1.16. The first kappa shape index (κ1) is 26.0. The highest BCUT2D eigenvalue weighted by molar-refractivity contribution is 5.97. The van der Waals surface area contributed by atoms with Gasteiger partial charge in [-0.2, -0.15) is 0 Å². The molecule has 2 aromatic carbocycles. The van der Waals surface area contributed by atoms with Crippen molar-refractivity contribution in [1.29, 1.82) is 0 Å². The van der Waals surface area contributed by atoms with Gasteiger partial charge in [0.2, 0.25) is 5.91 Å². The largest absolute Gasteiger partial charge is 0.340 e. The number of rotatable bonds is 10. The fourth-order valence-electron chi connectivity index (χ4n) is 4.96. The van der Waals surface area contributed by atoms with E-state index in [-0.39, 0.29) is 17.6 Å². The van der Waals surface area contributed by atoms with Crippen LogP contribution in [-0.2, 0) is 4.79 Å². The maximum atomic E-state index is 13.4. The van der Waals surface area contributed by atoms with E-state index in [0.717, 1.165) is 43.7 Å². The summed E-state index contributed by atoms with van der Waals surface area (Å²) in [6.07, 6.45) is 5.52. The van der Waals surface area contributed by atoms with E-state index in [9.17, 15) is 14.0 Å². The number of nitrogens with zero attached hydrogens (tertiary/aromatic N) is 5. The molecule has 2 heterocycles. The molecule has 3 aromatic rings. The topological polar surface area (TPSA) is 95.4 Å². The van der Waals surface area contributed by atoms with E-state index in [2.05, 4.69) is 25.7 Å². The van der Waals surface area contributed by atoms with Gasteiger partial charge in [0.05, 0.1) is 0 Å². The molecule has 0 spiro atoms. The van der Waals surface area contributed by atoms with Gasteiger partial charge in [-0.05, 0) is 74.8 Å². The number of piperazine rings is 1. The number of hydrogen-bond acceptors (Lipinski definition) is 6. The first-order chi connectivity index (χ1) is 18.5. The van der Waals surface area contributed by atoms with Crippen LogP contribution in [0.1, 0.15) is 41.1 Å². The number of nitrogens with one attached hydrogen (secondary N) is 2. The summed E-state index contributed by atoms with van der Waals surface area (Å²) in [6, 6.07) is 13.6. The normalized spacial score (nSPS) is 20.2. The molecule has 0 bridgehead atoms. The second-order valence-corrected chi connectivity index (χ2v) is 10.2. The molecule has 2 fully saturated rings. The number of halogens is 1. The zero-order valence-corrected chi connectivity index (χ0v) is 21.6. The van der Waals surface area contributed by atoms with Crippen LogP contribution in [0, 0.1) is 5.82 Å². The van der Waals surface area contributed by atoms with E-state index in [1.165, 1.54) is 12.1 Å². The van der Waals surface area contributed by atoms with Gasteiger partial charge < -0.3 is 20.4 Å². The second kappa shape index (κ2) is 11.8. The summed E-state index contributed by atoms with van der Waals surface area (Å²) in [6.45, 7) is 3.72. The molecule has 200 valence electrons. The maximum absolute atomic E-state index is 13.4. The molecule has 1 aliphatic heterocycles. The smallest absolute Gasteiger partial charge is 0.251 e. The van der Waals surface area contributed by atoms with E-state index < -0.39 is 6.04 Å². The van der Waals surface area contributed by atoms with Gasteiger partial charge in [-0.3, -0.25) is 14.2 Å². The SMILES string of the molecule is CN1CCN(C(=O)C(CCCN[C@@H]2C[C@H]2c2ccc(F)cc2)NC(=O)c2ccc(-n3cnnc3)cc2)CC1. The Morgan fingerprint density at radius 1 is 1.00 bits per heavy atom. The average Bonchev–Trinajstić information content (AvgIpc) is 3.49. The number of carbonyl (C=O) groups excluding carboxylic acids is 2. The highest BCUT2D eigenvalue weighted by atomic mass is 19.1. The third-order valence-corrected chi connectivity index (χ3v) is 7.43. The van der Waals surface area contributed by atoms with Crippen LogP contribution in [0.4, 0.5) is 4.39 Å². The number of carbonyl (C=O) groups is 2. The van der Waals surface area contributed by atoms with Crippen LogP contribution in [-0.4, -0.2) is 88.2 Å². The van der Waals surface area contributed by atoms with Crippen molar-refractivity contribution in [3.05, 3.63) is 78.1 Å². The Morgan fingerprint density at radius 2 is 1.68 bits per heavy atom. The Labute approximate surface area is 222 Å². The molecule has 38 heavy (non-hydrogen) atoms. The standard InChI is InChI=1S/C28H34FN7O2/c1-34-13-15-35(16-14-34)28(38)25(3-2-12-30-26-17-24(26)20-4-8-22(29)9-5-20)33-27(37)21-6-10-23(11-7-21)36-18-31-32-19-36/h4-11,18-19,24-26,30H,2-3,12-17H2,1H3,(H,33,37)/t24-,25?,26+/m0/s1. The van der Waals surface area contributed by atoms with Crippen LogP contribution >= 0.6 is 0 Å². The lowest BCUT2D eigenvalue weighted by molar-refractivity contribution is -0.135. The zero-order chi connectivity index (χ0) is 26.5. The van der Waals surface area contributed by atoms with Gasteiger partial charge in [-0.1, -0.05) is 12.1 Å². The summed E-state index contributed by atoms with van der Waals surface area (Å²) in [5.41, 5.74) is 2.49. The number of likely N-dealkylation sites (N-methyl/N-ethyl adjacent to an activating group) is 1. The van der Waals surface area contributed by atoms with Crippen molar-refractivity contribution >= 4 is 11.8 Å². The van der Waals surface area contributed by atoms with Gasteiger partial charge >= 0.3 is 0 Å². The number of hydrogen-bond donors (Lipinski definition) is 2. The fourth-order valence-corrected chi connectivity index (χ4v) is 4.96. The molecule has 1 aromatic heterocycles. The minimum absolute atomic E-state index is 0.0248. The minimum Gasteiger partial charge on any atom is -0.340 e. The van der Waals surface area contributed by atoms with Gasteiger partial charge in [0.15, 0.2) is 0 Å². The molecule has 2 N–H and O–H groups in total. The number of amides is 2. The summed E-state index contributed by atoms with van der Waals surface area (Å²) in [7, 11) is 2.05. The van der Waals surface area contributed by atoms with E-state index >= 15 is 0 Å². The van der Waals surface area contributed by atoms with E-state index in [1.54, 1.807) is 29.4 Å². The predicted octanol–water partition coefficient (Wildman–Crippen LogP) is 2.20. The molecule has 1 saturated heterocycles. The minimum atomic E-state index is -0.586. The van der Waals surface area contributed by atoms with E-state index in [0.29, 0.717) is 37.0 Å². The molecule has 9 nitrogen and oxygen atoms in total. The van der Waals surface area contributed by atoms with Crippen LogP contribution in [0.5, 0.6) is 0 Å². The van der Waals surface area contributed by atoms with Gasteiger partial charge in [0.1, 0.15) is 24.5 Å². The van der Waals surface area contributed by atoms with Crippen LogP contribution < -0.4 is 10.6 Å². The Kier molecular flexibility index (Phi) is 8.09. The molecule has 10 heteroatoms. The van der Waals surface area contributed by atoms with Crippen molar-refractivity contribution in [3.63, 3.8) is 0 Å². The summed E-state index contributed by atoms with van der Waals surface area (Å²) < 4.78 is 15.0. The fraction of sp³-hybridized carbons (Fsp3) is 0.429. The van der Waals surface area contributed by atoms with Crippen molar-refractivity contribution in [1.82, 2.24) is 35.2 Å². The Bertz CT molecular complexity index is 1210. The lowest BCUT2D eigenvalue weighted by Crippen LogP contribution is -2.54. The van der Waals surface area contributed by atoms with Gasteiger partial charge in [0.25, 0.3) is 5.91 Å². The summed E-state index contributed by atoms with van der Waals surface area (Å²) >= 11 is 0. The average molecular weight is 520 g/mol. The van der Waals surface area contributed by atoms with Crippen molar-refractivity contribution in [2.45, 2.75) is 37.3 Å². The van der Waals surface area contributed by atoms with Crippen LogP contribution in [0.2, 0.25) is 0 Å². The Morgan fingerprint density at radius 3 is 2.37 bits per heavy atom. The van der Waals surface area contributed by atoms with Crippen molar-refractivity contribution in [2.75, 3.05) is 39.8 Å². The first-order valence-corrected chi connectivity index (χ1v) is 13.2. The lowest BCUT2D eigenvalue weighted by Gasteiger charge is -2.34. The molecule has 1 saturated carbocycles. The van der Waals surface area contributed by atoms with Gasteiger partial charge in [0, 0.05) is 49.4 Å². The third-order valence-electron chi connectivity index (χ3n) is 7.43. The highest BCUT2D eigenvalue weighted by Gasteiger charge is 2.37. The maximum Gasteiger partial charge on any atom is 0.251 e. The first-order valence-electron chi connectivity index (χ1n) is 13.2. The molecular weight excluding hydrogens is 485 g/mol. The van der Waals surface area contributed by atoms with Crippen LogP contribution in [0.25, 0.3) is 5.69 Å². The molecule has 5 rings (SSSR count). The quantitative estimate of drug-likeness (QED) is 0.399. The molecule has 1 aliphatic carbocycles. The zero-order valence-electron chi connectivity index (χ0n) is 21.6. The van der Waals surface area contributed by atoms with Gasteiger partial charge in [-0.15, -0.1) is 10.2 Å². The molecule has 1 unspecified atom stereocenters. The summed E-state index contributed by atoms with van der Waals surface area (Å²) in [4.78, 5) is 30.6. The molecule has 0 radical (unpaired) electrons. The third kappa shape index (κ3) is 6.43. The molecule has 3 atom stereocenters. The second-order valence-electron chi connectivity index (χ2n) is 10.2.